The Balaban J connectivity index is 1.72. The van der Waals surface area contributed by atoms with Crippen molar-refractivity contribution < 1.29 is 4.79 Å². The summed E-state index contributed by atoms with van der Waals surface area (Å²) in [5.41, 5.74) is 1.04. The molecule has 0 aliphatic heterocycles. The molecule has 1 N–H and O–H groups in total. The minimum absolute atomic E-state index is 0.150. The standard InChI is InChI=1S/C17H20N6OS3/c1-5-6-23-15(12-7-13(10(2)3)25-8-12)20-22-17(23)26-9-14(24)18-16-21-19-11(4)27-16/h5,7-8,10H,1,6,9H2,2-4H3,(H,18,21,24). The van der Waals surface area contributed by atoms with Crippen molar-refractivity contribution in [3.05, 3.63) is 34.0 Å². The van der Waals surface area contributed by atoms with Crippen LogP contribution in [0.4, 0.5) is 5.13 Å². The topological polar surface area (TPSA) is 85.6 Å². The molecule has 0 spiro atoms. The molecule has 7 nitrogen and oxygen atoms in total. The number of carbonyl (C=O) groups excluding carboxylic acids is 1. The molecule has 0 aliphatic rings. The maximum atomic E-state index is 12.2. The number of amides is 1. The van der Waals surface area contributed by atoms with Crippen molar-refractivity contribution in [3.8, 4) is 11.4 Å². The van der Waals surface area contributed by atoms with Gasteiger partial charge in [0.2, 0.25) is 11.0 Å². The average molecular weight is 421 g/mol. The van der Waals surface area contributed by atoms with Gasteiger partial charge in [-0.25, -0.2) is 0 Å². The zero-order valence-electron chi connectivity index (χ0n) is 15.3. The number of aryl methyl sites for hydroxylation is 1. The third-order valence-electron chi connectivity index (χ3n) is 3.58. The highest BCUT2D eigenvalue weighted by Crippen LogP contribution is 2.31. The smallest absolute Gasteiger partial charge is 0.236 e. The van der Waals surface area contributed by atoms with Crippen molar-refractivity contribution >= 4 is 45.5 Å². The molecule has 27 heavy (non-hydrogen) atoms. The van der Waals surface area contributed by atoms with Gasteiger partial charge < -0.3 is 0 Å². The molecule has 3 aromatic heterocycles. The van der Waals surface area contributed by atoms with Crippen LogP contribution >= 0.6 is 34.4 Å². The Bertz CT molecular complexity index is 942. The fourth-order valence-corrected chi connectivity index (χ4v) is 4.57. The lowest BCUT2D eigenvalue weighted by Gasteiger charge is -2.06. The quantitative estimate of drug-likeness (QED) is 0.434. The minimum Gasteiger partial charge on any atom is -0.300 e. The van der Waals surface area contributed by atoms with Crippen molar-refractivity contribution in [1.82, 2.24) is 25.0 Å². The van der Waals surface area contributed by atoms with E-state index in [4.69, 9.17) is 0 Å². The van der Waals surface area contributed by atoms with Crippen molar-refractivity contribution in [2.24, 2.45) is 0 Å². The number of carbonyl (C=O) groups is 1. The van der Waals surface area contributed by atoms with E-state index in [2.05, 4.69) is 57.6 Å². The number of aromatic nitrogens is 5. The van der Waals surface area contributed by atoms with Crippen LogP contribution in [0.25, 0.3) is 11.4 Å². The lowest BCUT2D eigenvalue weighted by atomic mass is 10.1. The fraction of sp³-hybridized carbons (Fsp3) is 0.353. The predicted molar refractivity (Wildman–Crippen MR) is 112 cm³/mol. The molecular weight excluding hydrogens is 400 g/mol. The van der Waals surface area contributed by atoms with Crippen LogP contribution in [0.1, 0.15) is 29.7 Å². The molecule has 0 saturated heterocycles. The molecule has 0 radical (unpaired) electrons. The second kappa shape index (κ2) is 8.77. The van der Waals surface area contributed by atoms with Crippen molar-refractivity contribution in [2.75, 3.05) is 11.1 Å². The summed E-state index contributed by atoms with van der Waals surface area (Å²) < 4.78 is 1.98. The molecule has 0 fully saturated rings. The minimum atomic E-state index is -0.150. The largest absolute Gasteiger partial charge is 0.300 e. The van der Waals surface area contributed by atoms with E-state index in [9.17, 15) is 4.79 Å². The van der Waals surface area contributed by atoms with Crippen LogP contribution < -0.4 is 5.32 Å². The van der Waals surface area contributed by atoms with Crippen molar-refractivity contribution in [1.29, 1.82) is 0 Å². The fourth-order valence-electron chi connectivity index (χ4n) is 2.31. The van der Waals surface area contributed by atoms with Gasteiger partial charge in [-0.2, -0.15) is 0 Å². The zero-order valence-corrected chi connectivity index (χ0v) is 17.7. The number of hydrogen-bond acceptors (Lipinski definition) is 8. The van der Waals surface area contributed by atoms with E-state index < -0.39 is 0 Å². The molecule has 3 aromatic rings. The van der Waals surface area contributed by atoms with E-state index in [0.717, 1.165) is 16.4 Å². The summed E-state index contributed by atoms with van der Waals surface area (Å²) in [6, 6.07) is 2.15. The first-order valence-corrected chi connectivity index (χ1v) is 11.0. The van der Waals surface area contributed by atoms with E-state index in [1.807, 2.05) is 11.5 Å². The predicted octanol–water partition coefficient (Wildman–Crippen LogP) is 4.21. The molecule has 3 rings (SSSR count). The SMILES string of the molecule is C=CCn1c(SCC(=O)Nc2nnc(C)s2)nnc1-c1csc(C(C)C)c1. The van der Waals surface area contributed by atoms with Crippen molar-refractivity contribution in [2.45, 2.75) is 38.4 Å². The zero-order chi connectivity index (χ0) is 19.4. The maximum Gasteiger partial charge on any atom is 0.236 e. The summed E-state index contributed by atoms with van der Waals surface area (Å²) in [4.78, 5) is 13.5. The van der Waals surface area contributed by atoms with E-state index in [1.54, 1.807) is 17.4 Å². The van der Waals surface area contributed by atoms with Gasteiger partial charge in [0.05, 0.1) is 5.75 Å². The molecule has 142 valence electrons. The highest BCUT2D eigenvalue weighted by Gasteiger charge is 2.17. The molecule has 0 aromatic carbocycles. The molecule has 0 atom stereocenters. The van der Waals surface area contributed by atoms with Crippen LogP contribution in [0.5, 0.6) is 0 Å². The molecule has 0 bridgehead atoms. The summed E-state index contributed by atoms with van der Waals surface area (Å²) in [7, 11) is 0. The Morgan fingerprint density at radius 1 is 1.37 bits per heavy atom. The molecular formula is C17H20N6OS3. The number of nitrogens with zero attached hydrogens (tertiary/aromatic N) is 5. The average Bonchev–Trinajstić information content (AvgIpc) is 3.33. The third kappa shape index (κ3) is 4.82. The number of hydrogen-bond donors (Lipinski definition) is 1. The van der Waals surface area contributed by atoms with Gasteiger partial charge in [0.1, 0.15) is 5.01 Å². The Hall–Kier alpha value is -2.04. The summed E-state index contributed by atoms with van der Waals surface area (Å²) in [5.74, 6) is 1.33. The van der Waals surface area contributed by atoms with Gasteiger partial charge in [-0.3, -0.25) is 14.7 Å². The van der Waals surface area contributed by atoms with Gasteiger partial charge in [-0.1, -0.05) is 43.0 Å². The third-order valence-corrected chi connectivity index (χ3v) is 6.53. The first kappa shape index (κ1) is 19.7. The van der Waals surface area contributed by atoms with Gasteiger partial charge in [0.25, 0.3) is 0 Å². The summed E-state index contributed by atoms with van der Waals surface area (Å²) >= 11 is 4.41. The normalized spacial score (nSPS) is 11.1. The van der Waals surface area contributed by atoms with Crippen LogP contribution in [-0.2, 0) is 11.3 Å². The lowest BCUT2D eigenvalue weighted by Crippen LogP contribution is -2.14. The van der Waals surface area contributed by atoms with Crippen LogP contribution in [0, 0.1) is 6.92 Å². The number of nitrogens with one attached hydrogen (secondary N) is 1. The lowest BCUT2D eigenvalue weighted by molar-refractivity contribution is -0.113. The second-order valence-electron chi connectivity index (χ2n) is 6.06. The van der Waals surface area contributed by atoms with Gasteiger partial charge in [0.15, 0.2) is 11.0 Å². The van der Waals surface area contributed by atoms with Gasteiger partial charge in [0, 0.05) is 22.4 Å². The molecule has 3 heterocycles. The molecule has 0 aliphatic carbocycles. The Labute approximate surface area is 169 Å². The first-order valence-electron chi connectivity index (χ1n) is 8.33. The van der Waals surface area contributed by atoms with Gasteiger partial charge >= 0.3 is 0 Å². The van der Waals surface area contributed by atoms with Gasteiger partial charge in [-0.05, 0) is 18.9 Å². The summed E-state index contributed by atoms with van der Waals surface area (Å²) in [6.45, 7) is 10.6. The van der Waals surface area contributed by atoms with E-state index >= 15 is 0 Å². The van der Waals surface area contributed by atoms with Crippen LogP contribution in [-0.4, -0.2) is 36.6 Å². The maximum absolute atomic E-state index is 12.2. The monoisotopic (exact) mass is 420 g/mol. The number of rotatable bonds is 8. The number of allylic oxidation sites excluding steroid dienone is 1. The number of thiophene rings is 1. The number of anilines is 1. The molecule has 1 amide bonds. The Morgan fingerprint density at radius 3 is 2.81 bits per heavy atom. The number of thioether (sulfide) groups is 1. The molecule has 10 heteroatoms. The Morgan fingerprint density at radius 2 is 2.19 bits per heavy atom. The van der Waals surface area contributed by atoms with E-state index in [1.165, 1.54) is 28.0 Å². The highest BCUT2D eigenvalue weighted by atomic mass is 32.2. The second-order valence-corrected chi connectivity index (χ2v) is 9.13. The highest BCUT2D eigenvalue weighted by molar-refractivity contribution is 7.99. The molecule has 0 unspecified atom stereocenters. The van der Waals surface area contributed by atoms with Crippen LogP contribution in [0.3, 0.4) is 0 Å². The summed E-state index contributed by atoms with van der Waals surface area (Å²) in [5, 5.41) is 23.3. The molecule has 0 saturated carbocycles. The Kier molecular flexibility index (Phi) is 6.40. The van der Waals surface area contributed by atoms with Gasteiger partial charge in [-0.15, -0.1) is 38.3 Å². The summed E-state index contributed by atoms with van der Waals surface area (Å²) in [6.07, 6.45) is 1.80. The van der Waals surface area contributed by atoms with Crippen molar-refractivity contribution in [3.63, 3.8) is 0 Å². The van der Waals surface area contributed by atoms with Crippen LogP contribution in [0.15, 0.2) is 29.3 Å². The van der Waals surface area contributed by atoms with Crippen LogP contribution in [0.2, 0.25) is 0 Å². The van der Waals surface area contributed by atoms with E-state index in [-0.39, 0.29) is 11.7 Å². The van der Waals surface area contributed by atoms with E-state index in [0.29, 0.717) is 22.8 Å². The first-order chi connectivity index (χ1) is 13.0.